The standard InChI is InChI=1S/C20H23N3O4/c1-20(19(26)27)9-5-11-23(20)17(24)13-7-8-14-15(12-13)21-16-6-3-2-4-10-22(16)18(14)25/h7-8,12H,2-6,9-11H2,1H3,(H,26,27). The Morgan fingerprint density at radius 2 is 1.96 bits per heavy atom. The summed E-state index contributed by atoms with van der Waals surface area (Å²) in [5.74, 6) is -0.543. The summed E-state index contributed by atoms with van der Waals surface area (Å²) in [6.45, 7) is 2.69. The third kappa shape index (κ3) is 2.81. The molecule has 27 heavy (non-hydrogen) atoms. The van der Waals surface area contributed by atoms with Gasteiger partial charge in [-0.25, -0.2) is 9.78 Å². The van der Waals surface area contributed by atoms with Gasteiger partial charge in [0, 0.05) is 25.1 Å². The highest BCUT2D eigenvalue weighted by atomic mass is 16.4. The van der Waals surface area contributed by atoms with Crippen molar-refractivity contribution in [3.63, 3.8) is 0 Å². The molecule has 7 heteroatoms. The summed E-state index contributed by atoms with van der Waals surface area (Å²) in [6.07, 6.45) is 4.91. The van der Waals surface area contributed by atoms with Gasteiger partial charge in [-0.2, -0.15) is 0 Å². The van der Waals surface area contributed by atoms with Gasteiger partial charge in [-0.05, 0) is 50.8 Å². The van der Waals surface area contributed by atoms with Gasteiger partial charge >= 0.3 is 5.97 Å². The fourth-order valence-corrected chi connectivity index (χ4v) is 4.22. The second-order valence-electron chi connectivity index (χ2n) is 7.67. The van der Waals surface area contributed by atoms with Crippen molar-refractivity contribution in [1.29, 1.82) is 0 Å². The van der Waals surface area contributed by atoms with Gasteiger partial charge in [0.1, 0.15) is 11.4 Å². The van der Waals surface area contributed by atoms with Gasteiger partial charge in [0.15, 0.2) is 0 Å². The fraction of sp³-hybridized carbons (Fsp3) is 0.500. The number of carboxylic acid groups (broad SMARTS) is 1. The Morgan fingerprint density at radius 1 is 1.15 bits per heavy atom. The number of nitrogens with zero attached hydrogens (tertiary/aromatic N) is 3. The summed E-state index contributed by atoms with van der Waals surface area (Å²) in [6, 6.07) is 4.88. The summed E-state index contributed by atoms with van der Waals surface area (Å²) in [5, 5.41) is 10.1. The Balaban J connectivity index is 1.77. The second kappa shape index (κ2) is 6.48. The Labute approximate surface area is 156 Å². The lowest BCUT2D eigenvalue weighted by atomic mass is 9.98. The number of rotatable bonds is 2. The number of fused-ring (bicyclic) bond motifs is 2. The van der Waals surface area contributed by atoms with Crippen LogP contribution in [0.2, 0.25) is 0 Å². The number of carbonyl (C=O) groups is 2. The molecule has 2 aliphatic rings. The van der Waals surface area contributed by atoms with Crippen LogP contribution >= 0.6 is 0 Å². The second-order valence-corrected chi connectivity index (χ2v) is 7.67. The van der Waals surface area contributed by atoms with E-state index in [0.29, 0.717) is 42.4 Å². The maximum atomic E-state index is 13.0. The number of hydrogen-bond acceptors (Lipinski definition) is 4. The highest BCUT2D eigenvalue weighted by molar-refractivity contribution is 6.00. The van der Waals surface area contributed by atoms with Crippen molar-refractivity contribution in [1.82, 2.24) is 14.5 Å². The molecule has 142 valence electrons. The molecule has 2 aliphatic heterocycles. The number of aryl methyl sites for hydroxylation is 1. The summed E-state index contributed by atoms with van der Waals surface area (Å²) in [4.78, 5) is 43.5. The number of aromatic nitrogens is 2. The SMILES string of the molecule is CC1(C(=O)O)CCCN1C(=O)c1ccc2c(=O)n3c(nc2c1)CCCCC3. The largest absolute Gasteiger partial charge is 0.480 e. The molecule has 1 unspecified atom stereocenters. The molecule has 0 radical (unpaired) electrons. The molecule has 1 N–H and O–H groups in total. The van der Waals surface area contributed by atoms with E-state index in [-0.39, 0.29) is 11.5 Å². The maximum Gasteiger partial charge on any atom is 0.329 e. The highest BCUT2D eigenvalue weighted by Gasteiger charge is 2.46. The molecule has 1 fully saturated rings. The summed E-state index contributed by atoms with van der Waals surface area (Å²) in [7, 11) is 0. The van der Waals surface area contributed by atoms with Crippen LogP contribution in [0.5, 0.6) is 0 Å². The summed E-state index contributed by atoms with van der Waals surface area (Å²) < 4.78 is 1.75. The van der Waals surface area contributed by atoms with E-state index in [1.54, 1.807) is 29.7 Å². The van der Waals surface area contributed by atoms with Crippen LogP contribution in [-0.4, -0.2) is 43.5 Å². The summed E-state index contributed by atoms with van der Waals surface area (Å²) >= 11 is 0. The van der Waals surface area contributed by atoms with Crippen LogP contribution in [0.15, 0.2) is 23.0 Å². The number of benzene rings is 1. The quantitative estimate of drug-likeness (QED) is 0.876. The van der Waals surface area contributed by atoms with Gasteiger partial charge in [-0.3, -0.25) is 14.2 Å². The number of likely N-dealkylation sites (tertiary alicyclic amines) is 1. The first-order valence-electron chi connectivity index (χ1n) is 9.51. The van der Waals surface area contributed by atoms with Crippen LogP contribution in [0.3, 0.4) is 0 Å². The molecule has 2 aromatic rings. The van der Waals surface area contributed by atoms with Crippen LogP contribution in [0.25, 0.3) is 10.9 Å². The Hall–Kier alpha value is -2.70. The van der Waals surface area contributed by atoms with Gasteiger partial charge in [0.2, 0.25) is 0 Å². The lowest BCUT2D eigenvalue weighted by molar-refractivity contribution is -0.147. The Bertz CT molecular complexity index is 997. The van der Waals surface area contributed by atoms with E-state index in [1.165, 1.54) is 4.90 Å². The first-order valence-corrected chi connectivity index (χ1v) is 9.51. The highest BCUT2D eigenvalue weighted by Crippen LogP contribution is 2.31. The van der Waals surface area contributed by atoms with E-state index >= 15 is 0 Å². The van der Waals surface area contributed by atoms with E-state index in [2.05, 4.69) is 4.98 Å². The zero-order valence-corrected chi connectivity index (χ0v) is 15.4. The van der Waals surface area contributed by atoms with Crippen molar-refractivity contribution in [2.24, 2.45) is 0 Å². The molecular formula is C20H23N3O4. The monoisotopic (exact) mass is 369 g/mol. The first-order chi connectivity index (χ1) is 12.9. The average molecular weight is 369 g/mol. The topological polar surface area (TPSA) is 92.5 Å². The molecule has 0 aliphatic carbocycles. The number of carbonyl (C=O) groups excluding carboxylic acids is 1. The van der Waals surface area contributed by atoms with Gasteiger partial charge in [-0.15, -0.1) is 0 Å². The van der Waals surface area contributed by atoms with E-state index in [4.69, 9.17) is 0 Å². The van der Waals surface area contributed by atoms with Crippen LogP contribution in [0.4, 0.5) is 0 Å². The molecule has 7 nitrogen and oxygen atoms in total. The van der Waals surface area contributed by atoms with Crippen molar-refractivity contribution in [3.05, 3.63) is 39.9 Å². The molecule has 0 spiro atoms. The van der Waals surface area contributed by atoms with Crippen LogP contribution in [0, 0.1) is 0 Å². The minimum absolute atomic E-state index is 0.0626. The van der Waals surface area contributed by atoms with E-state index in [1.807, 2.05) is 0 Å². The van der Waals surface area contributed by atoms with Crippen molar-refractivity contribution in [3.8, 4) is 0 Å². The minimum atomic E-state index is -1.19. The van der Waals surface area contributed by atoms with Crippen molar-refractivity contribution >= 4 is 22.8 Å². The molecule has 4 rings (SSSR count). The molecule has 1 atom stereocenters. The predicted octanol–water partition coefficient (Wildman–Crippen LogP) is 2.20. The molecule has 1 aromatic carbocycles. The number of hydrogen-bond donors (Lipinski definition) is 1. The van der Waals surface area contributed by atoms with Crippen LogP contribution < -0.4 is 5.56 Å². The first kappa shape index (κ1) is 17.7. The molecule has 0 bridgehead atoms. The third-order valence-electron chi connectivity index (χ3n) is 5.91. The zero-order valence-electron chi connectivity index (χ0n) is 15.4. The number of amides is 1. The van der Waals surface area contributed by atoms with E-state index in [0.717, 1.165) is 31.5 Å². The smallest absolute Gasteiger partial charge is 0.329 e. The van der Waals surface area contributed by atoms with Gasteiger partial charge < -0.3 is 10.0 Å². The predicted molar refractivity (Wildman–Crippen MR) is 99.9 cm³/mol. The fourth-order valence-electron chi connectivity index (χ4n) is 4.22. The van der Waals surface area contributed by atoms with Gasteiger partial charge in [0.05, 0.1) is 10.9 Å². The number of carboxylic acids is 1. The van der Waals surface area contributed by atoms with Crippen LogP contribution in [-0.2, 0) is 17.8 Å². The lowest BCUT2D eigenvalue weighted by Gasteiger charge is -2.31. The van der Waals surface area contributed by atoms with Crippen molar-refractivity contribution < 1.29 is 14.7 Å². The molecule has 1 saturated heterocycles. The Kier molecular flexibility index (Phi) is 4.25. The molecule has 3 heterocycles. The van der Waals surface area contributed by atoms with Crippen LogP contribution in [0.1, 0.15) is 55.2 Å². The molecule has 0 saturated carbocycles. The zero-order chi connectivity index (χ0) is 19.2. The van der Waals surface area contributed by atoms with Crippen molar-refractivity contribution in [2.75, 3.05) is 6.54 Å². The van der Waals surface area contributed by atoms with Crippen molar-refractivity contribution in [2.45, 2.75) is 57.5 Å². The third-order valence-corrected chi connectivity index (χ3v) is 5.91. The minimum Gasteiger partial charge on any atom is -0.480 e. The average Bonchev–Trinajstić information content (AvgIpc) is 2.90. The Morgan fingerprint density at radius 3 is 2.74 bits per heavy atom. The number of aliphatic carboxylic acids is 1. The van der Waals surface area contributed by atoms with Gasteiger partial charge in [0.25, 0.3) is 11.5 Å². The maximum absolute atomic E-state index is 13.0. The lowest BCUT2D eigenvalue weighted by Crippen LogP contribution is -2.50. The van der Waals surface area contributed by atoms with E-state index < -0.39 is 11.5 Å². The molecule has 1 amide bonds. The normalized spacial score (nSPS) is 22.5. The van der Waals surface area contributed by atoms with E-state index in [9.17, 15) is 19.5 Å². The van der Waals surface area contributed by atoms with Gasteiger partial charge in [-0.1, -0.05) is 6.42 Å². The molecular weight excluding hydrogens is 346 g/mol. The summed E-state index contributed by atoms with van der Waals surface area (Å²) in [5.41, 5.74) is -0.364. The molecule has 1 aromatic heterocycles.